The average Bonchev–Trinajstić information content (AvgIpc) is 2.56. The van der Waals surface area contributed by atoms with Gasteiger partial charge in [0.15, 0.2) is 0 Å². The van der Waals surface area contributed by atoms with Crippen molar-refractivity contribution in [2.75, 3.05) is 19.6 Å². The molecule has 1 N–H and O–H groups in total. The second kappa shape index (κ2) is 15.8. The van der Waals surface area contributed by atoms with Crippen LogP contribution in [0, 0.1) is 17.8 Å². The molecule has 0 bridgehead atoms. The second-order valence-electron chi connectivity index (χ2n) is 6.68. The van der Waals surface area contributed by atoms with Gasteiger partial charge in [-0.2, -0.15) is 0 Å². The Hall–Kier alpha value is -0.550. The van der Waals surface area contributed by atoms with Crippen molar-refractivity contribution in [2.24, 2.45) is 5.92 Å². The molecular weight excluding hydrogens is 256 g/mol. The zero-order valence-electron chi connectivity index (χ0n) is 14.6. The summed E-state index contributed by atoms with van der Waals surface area (Å²) in [6, 6.07) is 0. The van der Waals surface area contributed by atoms with Gasteiger partial charge in [0.1, 0.15) is 0 Å². The smallest absolute Gasteiger partial charge is 0.0773 e. The summed E-state index contributed by atoms with van der Waals surface area (Å²) < 4.78 is 0. The molecule has 0 aromatic rings. The number of likely N-dealkylation sites (tertiary alicyclic amines) is 1. The van der Waals surface area contributed by atoms with E-state index < -0.39 is 0 Å². The number of hydrogen-bond donors (Lipinski definition) is 1. The fourth-order valence-corrected chi connectivity index (χ4v) is 3.43. The van der Waals surface area contributed by atoms with Gasteiger partial charge < -0.3 is 16.7 Å². The first-order valence-corrected chi connectivity index (χ1v) is 9.42. The maximum atomic E-state index is 6.25. The highest BCUT2D eigenvalue weighted by atomic mass is 15.1. The summed E-state index contributed by atoms with van der Waals surface area (Å²) in [5.74, 6) is 1.05. The van der Waals surface area contributed by atoms with E-state index in [1.54, 1.807) is 0 Å². The van der Waals surface area contributed by atoms with E-state index in [-0.39, 0.29) is 0 Å². The third-order valence-corrected chi connectivity index (χ3v) is 5.02. The molecule has 0 saturated carbocycles. The molecule has 21 heavy (non-hydrogen) atoms. The summed E-state index contributed by atoms with van der Waals surface area (Å²) in [6.07, 6.45) is 17.5. The zero-order valence-corrected chi connectivity index (χ0v) is 14.6. The molecule has 0 radical (unpaired) electrons. The summed E-state index contributed by atoms with van der Waals surface area (Å²) in [6.45, 7) is 13.8. The largest absolute Gasteiger partial charge is 0.512 e. The summed E-state index contributed by atoms with van der Waals surface area (Å²) in [5, 5.41) is 6.25. The summed E-state index contributed by atoms with van der Waals surface area (Å²) >= 11 is 0. The predicted octanol–water partition coefficient (Wildman–Crippen LogP) is 4.32. The fourth-order valence-electron chi connectivity index (χ4n) is 3.43. The molecule has 0 aromatic heterocycles. The van der Waals surface area contributed by atoms with Gasteiger partial charge in [0.25, 0.3) is 0 Å². The normalized spacial score (nSPS) is 21.5. The molecule has 1 saturated heterocycles. The first kappa shape index (κ1) is 20.5. The molecule has 0 unspecified atom stereocenters. The van der Waals surface area contributed by atoms with Crippen LogP contribution in [0.2, 0.25) is 0 Å². The molecule has 1 rings (SSSR count). The molecular formula is C19H38N2. The Morgan fingerprint density at radius 3 is 1.76 bits per heavy atom. The topological polar surface area (TPSA) is 28.2 Å². The first-order chi connectivity index (χ1) is 10.4. The van der Waals surface area contributed by atoms with Crippen molar-refractivity contribution >= 4 is 0 Å². The number of hydrogen-bond acceptors (Lipinski definition) is 1. The molecule has 0 aromatic carbocycles. The van der Waals surface area contributed by atoms with Gasteiger partial charge >= 0.3 is 0 Å². The van der Waals surface area contributed by atoms with Gasteiger partial charge in [-0.3, -0.25) is 0 Å². The van der Waals surface area contributed by atoms with Crippen molar-refractivity contribution in [3.05, 3.63) is 6.57 Å². The number of piperidine rings is 1. The number of quaternary nitrogens is 1. The highest BCUT2D eigenvalue weighted by molar-refractivity contribution is 4.59. The molecule has 0 aliphatic carbocycles. The van der Waals surface area contributed by atoms with Crippen LogP contribution in [0.25, 0.3) is 0 Å². The van der Waals surface area contributed by atoms with Crippen LogP contribution in [0.1, 0.15) is 90.9 Å². The van der Waals surface area contributed by atoms with Gasteiger partial charge in [0.05, 0.1) is 19.6 Å². The molecule has 1 heterocycles. The highest BCUT2D eigenvalue weighted by Crippen LogP contribution is 2.13. The predicted molar refractivity (Wildman–Crippen MR) is 90.8 cm³/mol. The lowest BCUT2D eigenvalue weighted by molar-refractivity contribution is -0.906. The Balaban J connectivity index is 0.00000191. The van der Waals surface area contributed by atoms with Crippen molar-refractivity contribution in [1.29, 1.82) is 5.26 Å². The lowest BCUT2D eigenvalue weighted by Crippen LogP contribution is -3.13. The second-order valence-corrected chi connectivity index (χ2v) is 6.68. The molecule has 0 amide bonds. The Labute approximate surface area is 133 Å². The number of rotatable bonds is 11. The number of nitrogens with zero attached hydrogens (tertiary/aromatic N) is 1. The van der Waals surface area contributed by atoms with Crippen LogP contribution in [0.15, 0.2) is 0 Å². The van der Waals surface area contributed by atoms with E-state index >= 15 is 0 Å². The lowest BCUT2D eigenvalue weighted by atomic mass is 9.94. The van der Waals surface area contributed by atoms with Crippen LogP contribution in [-0.4, -0.2) is 19.6 Å². The summed E-state index contributed by atoms with van der Waals surface area (Å²) in [7, 11) is 0. The standard InChI is InChI=1S/C18H37N.CN/c1-3-5-6-7-8-9-10-11-12-15-19-16-13-18(4-2)14-17-19;1-2/h18H,3-17H2,1-2H3;/q;-1/p+1. The Bertz CT molecular complexity index is 217. The monoisotopic (exact) mass is 294 g/mol. The van der Waals surface area contributed by atoms with Gasteiger partial charge in [-0.05, 0) is 31.6 Å². The Morgan fingerprint density at radius 1 is 0.810 bits per heavy atom. The van der Waals surface area contributed by atoms with Crippen LogP contribution in [0.4, 0.5) is 0 Å². The zero-order chi connectivity index (χ0) is 15.8. The first-order valence-electron chi connectivity index (χ1n) is 9.42. The van der Waals surface area contributed by atoms with Gasteiger partial charge in [-0.15, -0.1) is 0 Å². The van der Waals surface area contributed by atoms with Crippen molar-refractivity contribution in [2.45, 2.75) is 90.9 Å². The van der Waals surface area contributed by atoms with Gasteiger partial charge in [-0.1, -0.05) is 65.2 Å². The van der Waals surface area contributed by atoms with E-state index in [1.807, 2.05) is 4.90 Å². The van der Waals surface area contributed by atoms with Crippen LogP contribution in [0.5, 0.6) is 0 Å². The van der Waals surface area contributed by atoms with E-state index in [1.165, 1.54) is 96.7 Å². The molecule has 1 fully saturated rings. The van der Waals surface area contributed by atoms with E-state index in [0.29, 0.717) is 0 Å². The van der Waals surface area contributed by atoms with E-state index in [4.69, 9.17) is 11.8 Å². The van der Waals surface area contributed by atoms with Crippen molar-refractivity contribution in [3.63, 3.8) is 0 Å². The van der Waals surface area contributed by atoms with Crippen LogP contribution < -0.4 is 4.90 Å². The lowest BCUT2D eigenvalue weighted by Gasteiger charge is -2.28. The van der Waals surface area contributed by atoms with Crippen molar-refractivity contribution in [3.8, 4) is 0 Å². The van der Waals surface area contributed by atoms with Crippen LogP contribution >= 0.6 is 0 Å². The molecule has 0 spiro atoms. The minimum absolute atomic E-state index is 1.05. The average molecular weight is 295 g/mol. The van der Waals surface area contributed by atoms with Crippen LogP contribution in [-0.2, 0) is 0 Å². The van der Waals surface area contributed by atoms with E-state index in [0.717, 1.165) is 5.92 Å². The summed E-state index contributed by atoms with van der Waals surface area (Å²) in [4.78, 5) is 1.90. The number of nitrogens with one attached hydrogen (secondary N) is 1. The van der Waals surface area contributed by atoms with Crippen molar-refractivity contribution in [1.82, 2.24) is 0 Å². The third kappa shape index (κ3) is 11.8. The molecule has 124 valence electrons. The summed E-state index contributed by atoms with van der Waals surface area (Å²) in [5.41, 5.74) is 0. The van der Waals surface area contributed by atoms with Gasteiger partial charge in [0, 0.05) is 0 Å². The fraction of sp³-hybridized carbons (Fsp3) is 0.947. The maximum absolute atomic E-state index is 6.25. The van der Waals surface area contributed by atoms with E-state index in [2.05, 4.69) is 13.8 Å². The Kier molecular flexibility index (Phi) is 15.4. The van der Waals surface area contributed by atoms with Crippen molar-refractivity contribution < 1.29 is 4.90 Å². The SMILES string of the molecule is CCCCCCCCCCC[NH+]1CCC(CC)CC1.[C-]#N. The third-order valence-electron chi connectivity index (χ3n) is 5.02. The molecule has 0 atom stereocenters. The maximum Gasteiger partial charge on any atom is 0.0773 e. The van der Waals surface area contributed by atoms with Crippen LogP contribution in [0.3, 0.4) is 0 Å². The Morgan fingerprint density at radius 2 is 1.29 bits per heavy atom. The highest BCUT2D eigenvalue weighted by Gasteiger charge is 2.19. The minimum atomic E-state index is 1.05. The van der Waals surface area contributed by atoms with Gasteiger partial charge in [-0.25, -0.2) is 0 Å². The molecule has 2 nitrogen and oxygen atoms in total. The molecule has 2 heteroatoms. The molecule has 1 aliphatic rings. The quantitative estimate of drug-likeness (QED) is 0.446. The number of unbranched alkanes of at least 4 members (excludes halogenated alkanes) is 8. The van der Waals surface area contributed by atoms with E-state index in [9.17, 15) is 0 Å². The minimum Gasteiger partial charge on any atom is -0.512 e. The van der Waals surface area contributed by atoms with Gasteiger partial charge in [0.2, 0.25) is 0 Å². The molecule has 1 aliphatic heterocycles.